The lowest BCUT2D eigenvalue weighted by Gasteiger charge is -2.49. The summed E-state index contributed by atoms with van der Waals surface area (Å²) in [4.78, 5) is 2.66. The Kier molecular flexibility index (Phi) is 7.02. The van der Waals surface area contributed by atoms with Crippen LogP contribution >= 0.6 is 0 Å². The minimum Gasteiger partial charge on any atom is -0.498 e. The average molecular weight is 503 g/mol. The summed E-state index contributed by atoms with van der Waals surface area (Å²) >= 11 is 0. The molecule has 5 rings (SSSR count). The molecule has 2 aliphatic heterocycles. The van der Waals surface area contributed by atoms with Gasteiger partial charge in [0, 0.05) is 19.0 Å². The van der Waals surface area contributed by atoms with Crippen LogP contribution < -0.4 is 0 Å². The number of likely N-dealkylation sites (N-methyl/N-ethyl adjacent to an activating group) is 1. The van der Waals surface area contributed by atoms with Gasteiger partial charge in [-0.2, -0.15) is 4.31 Å². The van der Waals surface area contributed by atoms with E-state index in [2.05, 4.69) is 36.2 Å². The first-order valence-electron chi connectivity index (χ1n) is 12.6. The van der Waals surface area contributed by atoms with Gasteiger partial charge in [0.1, 0.15) is 0 Å². The molecule has 188 valence electrons. The van der Waals surface area contributed by atoms with Crippen LogP contribution in [0.15, 0.2) is 101 Å². The van der Waals surface area contributed by atoms with Crippen molar-refractivity contribution in [3.63, 3.8) is 0 Å². The topological polar surface area (TPSA) is 49.9 Å². The molecule has 1 fully saturated rings. The third-order valence-electron chi connectivity index (χ3n) is 7.44. The minimum atomic E-state index is -3.78. The van der Waals surface area contributed by atoms with Crippen LogP contribution in [0, 0.1) is 6.92 Å². The fourth-order valence-corrected chi connectivity index (χ4v) is 7.46. The maximum absolute atomic E-state index is 14.4. The number of aryl methyl sites for hydroxylation is 1. The SMILES string of the molecule is CCOC1=C2CN(C)[C@H](c3ccccc3)C[C@@H]2N(S(=O)(=O)c2ccc(C)cc2)[C@H](c2ccccc2)C1. The Bertz CT molecular complexity index is 1320. The number of piperidine rings is 1. The predicted molar refractivity (Wildman–Crippen MR) is 143 cm³/mol. The molecule has 6 heteroatoms. The molecule has 0 N–H and O–H groups in total. The molecule has 0 radical (unpaired) electrons. The number of hydrogen-bond donors (Lipinski definition) is 0. The van der Waals surface area contributed by atoms with Gasteiger partial charge in [0.25, 0.3) is 0 Å². The molecule has 1 saturated heterocycles. The van der Waals surface area contributed by atoms with Crippen LogP contribution in [-0.2, 0) is 14.8 Å². The maximum atomic E-state index is 14.4. The second-order valence-corrected chi connectivity index (χ2v) is 11.6. The summed E-state index contributed by atoms with van der Waals surface area (Å²) in [5.41, 5.74) is 4.30. The minimum absolute atomic E-state index is 0.105. The van der Waals surface area contributed by atoms with Crippen molar-refractivity contribution in [3.8, 4) is 0 Å². The Morgan fingerprint density at radius 3 is 2.00 bits per heavy atom. The van der Waals surface area contributed by atoms with Crippen LogP contribution in [0.3, 0.4) is 0 Å². The molecule has 0 saturated carbocycles. The summed E-state index contributed by atoms with van der Waals surface area (Å²) < 4.78 is 36.7. The quantitative estimate of drug-likeness (QED) is 0.423. The molecular weight excluding hydrogens is 468 g/mol. The summed E-state index contributed by atoms with van der Waals surface area (Å²) in [6, 6.07) is 27.1. The van der Waals surface area contributed by atoms with Crippen molar-refractivity contribution >= 4 is 10.0 Å². The van der Waals surface area contributed by atoms with Gasteiger partial charge in [-0.25, -0.2) is 8.42 Å². The lowest BCUT2D eigenvalue weighted by Crippen LogP contribution is -2.53. The van der Waals surface area contributed by atoms with Gasteiger partial charge in [0.15, 0.2) is 0 Å². The predicted octanol–water partition coefficient (Wildman–Crippen LogP) is 5.87. The monoisotopic (exact) mass is 502 g/mol. The van der Waals surface area contributed by atoms with Crippen LogP contribution in [0.2, 0.25) is 0 Å². The van der Waals surface area contributed by atoms with Crippen molar-refractivity contribution in [3.05, 3.63) is 113 Å². The fraction of sp³-hybridized carbons (Fsp3) is 0.333. The number of hydrogen-bond acceptors (Lipinski definition) is 4. The van der Waals surface area contributed by atoms with Gasteiger partial charge in [0.2, 0.25) is 10.0 Å². The van der Waals surface area contributed by atoms with Crippen LogP contribution in [0.25, 0.3) is 0 Å². The molecule has 0 unspecified atom stereocenters. The van der Waals surface area contributed by atoms with Crippen molar-refractivity contribution in [1.29, 1.82) is 0 Å². The Morgan fingerprint density at radius 2 is 1.42 bits per heavy atom. The Morgan fingerprint density at radius 1 is 0.833 bits per heavy atom. The number of nitrogens with zero attached hydrogens (tertiary/aromatic N) is 2. The molecule has 0 aliphatic carbocycles. The number of rotatable bonds is 6. The van der Waals surface area contributed by atoms with Crippen molar-refractivity contribution in [2.75, 3.05) is 20.2 Å². The van der Waals surface area contributed by atoms with Crippen LogP contribution in [0.1, 0.15) is 48.5 Å². The van der Waals surface area contributed by atoms with Gasteiger partial charge in [-0.15, -0.1) is 0 Å². The number of ether oxygens (including phenoxy) is 1. The van der Waals surface area contributed by atoms with E-state index < -0.39 is 10.0 Å². The van der Waals surface area contributed by atoms with Gasteiger partial charge in [-0.3, -0.25) is 4.90 Å². The third kappa shape index (κ3) is 4.61. The number of fused-ring (bicyclic) bond motifs is 1. The normalized spacial score (nSPS) is 23.4. The first-order valence-corrected chi connectivity index (χ1v) is 14.1. The first kappa shape index (κ1) is 24.8. The van der Waals surface area contributed by atoms with Crippen molar-refractivity contribution in [2.24, 2.45) is 0 Å². The van der Waals surface area contributed by atoms with Crippen molar-refractivity contribution < 1.29 is 13.2 Å². The van der Waals surface area contributed by atoms with Gasteiger partial charge >= 0.3 is 0 Å². The number of sulfonamides is 1. The highest BCUT2D eigenvalue weighted by atomic mass is 32.2. The van der Waals surface area contributed by atoms with E-state index in [1.807, 2.05) is 62.4 Å². The molecule has 2 heterocycles. The molecule has 3 atom stereocenters. The summed E-state index contributed by atoms with van der Waals surface area (Å²) in [5, 5.41) is 0. The highest BCUT2D eigenvalue weighted by molar-refractivity contribution is 7.89. The van der Waals surface area contributed by atoms with Crippen LogP contribution in [0.4, 0.5) is 0 Å². The zero-order chi connectivity index (χ0) is 25.3. The maximum Gasteiger partial charge on any atom is 0.244 e. The molecule has 0 aromatic heterocycles. The summed E-state index contributed by atoms with van der Waals surface area (Å²) in [6.07, 6.45) is 1.19. The largest absolute Gasteiger partial charge is 0.498 e. The van der Waals surface area contributed by atoms with E-state index in [1.165, 1.54) is 5.56 Å². The van der Waals surface area contributed by atoms with E-state index in [0.29, 0.717) is 30.9 Å². The average Bonchev–Trinajstić information content (AvgIpc) is 2.89. The van der Waals surface area contributed by atoms with Gasteiger partial charge < -0.3 is 4.74 Å². The summed E-state index contributed by atoms with van der Waals surface area (Å²) in [6.45, 7) is 5.19. The Hall–Kier alpha value is -2.93. The highest BCUT2D eigenvalue weighted by Crippen LogP contribution is 2.47. The molecule has 0 bridgehead atoms. The zero-order valence-corrected chi connectivity index (χ0v) is 22.0. The van der Waals surface area contributed by atoms with E-state index in [0.717, 1.165) is 22.5 Å². The van der Waals surface area contributed by atoms with Gasteiger partial charge in [-0.1, -0.05) is 78.4 Å². The number of benzene rings is 3. The second kappa shape index (κ2) is 10.2. The summed E-state index contributed by atoms with van der Waals surface area (Å²) in [5.74, 6) is 0.935. The molecular formula is C30H34N2O3S. The standard InChI is InChI=1S/C30H34N2O3S/c1-4-35-30-20-28(24-13-9-6-10-14-24)32(36(33,34)25-17-15-22(2)16-18-25)29-19-27(31(3)21-26(29)30)23-11-7-5-8-12-23/h5-18,27-29H,4,19-21H2,1-3H3/t27-,28-,29-/m0/s1. The fourth-order valence-electron chi connectivity index (χ4n) is 5.66. The Balaban J connectivity index is 1.67. The molecule has 3 aromatic rings. The molecule has 3 aromatic carbocycles. The van der Waals surface area contributed by atoms with Gasteiger partial charge in [0.05, 0.1) is 29.3 Å². The third-order valence-corrected chi connectivity index (χ3v) is 9.37. The number of likely N-dealkylation sites (tertiary alicyclic amines) is 1. The molecule has 2 aliphatic rings. The Labute approximate surface area is 215 Å². The van der Waals surface area contributed by atoms with E-state index in [-0.39, 0.29) is 18.1 Å². The van der Waals surface area contributed by atoms with E-state index in [4.69, 9.17) is 4.74 Å². The van der Waals surface area contributed by atoms with Gasteiger partial charge in [-0.05, 0) is 56.1 Å². The lowest BCUT2D eigenvalue weighted by atomic mass is 9.83. The molecule has 36 heavy (non-hydrogen) atoms. The molecule has 0 spiro atoms. The zero-order valence-electron chi connectivity index (χ0n) is 21.2. The van der Waals surface area contributed by atoms with Crippen LogP contribution in [-0.4, -0.2) is 43.9 Å². The second-order valence-electron chi connectivity index (χ2n) is 9.75. The van der Waals surface area contributed by atoms with E-state index in [1.54, 1.807) is 16.4 Å². The lowest BCUT2D eigenvalue weighted by molar-refractivity contribution is 0.0993. The summed E-state index contributed by atoms with van der Waals surface area (Å²) in [7, 11) is -1.67. The first-order chi connectivity index (χ1) is 17.4. The van der Waals surface area contributed by atoms with Crippen molar-refractivity contribution in [2.45, 2.75) is 49.7 Å². The molecule has 5 nitrogen and oxygen atoms in total. The van der Waals surface area contributed by atoms with E-state index >= 15 is 0 Å². The molecule has 0 amide bonds. The van der Waals surface area contributed by atoms with Crippen molar-refractivity contribution in [1.82, 2.24) is 9.21 Å². The van der Waals surface area contributed by atoms with E-state index in [9.17, 15) is 8.42 Å². The smallest absolute Gasteiger partial charge is 0.244 e. The highest BCUT2D eigenvalue weighted by Gasteiger charge is 2.48. The van der Waals surface area contributed by atoms with Crippen LogP contribution in [0.5, 0.6) is 0 Å².